The SMILES string of the molecule is COC(=O)c1c(C(F)(F)F)nc(C(F)(F)C#N)c(C(=O)OC)c1CC(C)C. The summed E-state index contributed by atoms with van der Waals surface area (Å²) >= 11 is 0. The number of hydrogen-bond acceptors (Lipinski definition) is 6. The molecule has 1 rings (SSSR count). The summed E-state index contributed by atoms with van der Waals surface area (Å²) in [6.07, 6.45) is -5.71. The molecule has 0 fully saturated rings. The number of methoxy groups -OCH3 is 2. The maximum absolute atomic E-state index is 14.0. The third-order valence-corrected chi connectivity index (χ3v) is 3.40. The molecule has 0 saturated carbocycles. The van der Waals surface area contributed by atoms with Gasteiger partial charge in [0.15, 0.2) is 5.69 Å². The zero-order chi connectivity index (χ0) is 21.2. The minimum Gasteiger partial charge on any atom is -0.465 e. The molecule has 0 N–H and O–H groups in total. The van der Waals surface area contributed by atoms with Gasteiger partial charge in [-0.3, -0.25) is 0 Å². The number of rotatable bonds is 5. The smallest absolute Gasteiger partial charge is 0.434 e. The zero-order valence-electron chi connectivity index (χ0n) is 14.7. The van der Waals surface area contributed by atoms with Crippen molar-refractivity contribution in [3.05, 3.63) is 28.1 Å². The van der Waals surface area contributed by atoms with E-state index >= 15 is 0 Å². The number of halogens is 5. The molecule has 0 unspecified atom stereocenters. The average molecular weight is 394 g/mol. The zero-order valence-corrected chi connectivity index (χ0v) is 14.7. The first-order valence-electron chi connectivity index (χ1n) is 7.42. The number of nitriles is 1. The number of nitrogens with zero attached hydrogens (tertiary/aromatic N) is 2. The van der Waals surface area contributed by atoms with E-state index in [1.54, 1.807) is 0 Å². The van der Waals surface area contributed by atoms with Crippen LogP contribution in [0.4, 0.5) is 22.0 Å². The maximum Gasteiger partial charge on any atom is 0.434 e. The number of esters is 2. The number of carbonyl (C=O) groups excluding carboxylic acids is 2. The second-order valence-corrected chi connectivity index (χ2v) is 5.80. The van der Waals surface area contributed by atoms with Gasteiger partial charge in [0.1, 0.15) is 11.8 Å². The molecule has 0 spiro atoms. The van der Waals surface area contributed by atoms with Crippen LogP contribution >= 0.6 is 0 Å². The Labute approximate surface area is 150 Å². The molecule has 1 aromatic heterocycles. The van der Waals surface area contributed by atoms with E-state index in [1.807, 2.05) is 0 Å². The lowest BCUT2D eigenvalue weighted by Gasteiger charge is -2.22. The highest BCUT2D eigenvalue weighted by atomic mass is 19.4. The van der Waals surface area contributed by atoms with Crippen molar-refractivity contribution < 1.29 is 41.0 Å². The predicted octanol–water partition coefficient (Wildman–Crippen LogP) is 3.49. The summed E-state index contributed by atoms with van der Waals surface area (Å²) in [7, 11) is 1.60. The van der Waals surface area contributed by atoms with Gasteiger partial charge in [0.05, 0.1) is 25.3 Å². The number of hydrogen-bond donors (Lipinski definition) is 0. The molecule has 0 atom stereocenters. The van der Waals surface area contributed by atoms with E-state index in [9.17, 15) is 31.5 Å². The van der Waals surface area contributed by atoms with Crippen molar-refractivity contribution in [1.29, 1.82) is 5.26 Å². The first kappa shape index (κ1) is 22.3. The van der Waals surface area contributed by atoms with E-state index in [2.05, 4.69) is 14.5 Å². The molecule has 1 heterocycles. The van der Waals surface area contributed by atoms with Gasteiger partial charge < -0.3 is 9.47 Å². The van der Waals surface area contributed by atoms with E-state index in [0.717, 1.165) is 14.2 Å². The summed E-state index contributed by atoms with van der Waals surface area (Å²) in [6.45, 7) is 3.05. The molecule has 11 heteroatoms. The summed E-state index contributed by atoms with van der Waals surface area (Å²) < 4.78 is 77.1. The minimum absolute atomic E-state index is 0.380. The van der Waals surface area contributed by atoms with Crippen LogP contribution in [0, 0.1) is 17.2 Å². The molecule has 0 bridgehead atoms. The lowest BCUT2D eigenvalue weighted by Crippen LogP contribution is -2.29. The van der Waals surface area contributed by atoms with Crippen LogP contribution < -0.4 is 0 Å². The van der Waals surface area contributed by atoms with Crippen molar-refractivity contribution in [3.63, 3.8) is 0 Å². The van der Waals surface area contributed by atoms with Crippen LogP contribution in [0.25, 0.3) is 0 Å². The fourth-order valence-corrected chi connectivity index (χ4v) is 2.38. The quantitative estimate of drug-likeness (QED) is 0.561. The molecule has 0 aromatic carbocycles. The van der Waals surface area contributed by atoms with Gasteiger partial charge in [-0.15, -0.1) is 0 Å². The van der Waals surface area contributed by atoms with Crippen molar-refractivity contribution in [2.75, 3.05) is 14.2 Å². The molecule has 1 aromatic rings. The normalized spacial score (nSPS) is 11.9. The molecule has 0 radical (unpaired) electrons. The Morgan fingerprint density at radius 1 is 1.04 bits per heavy atom. The molecule has 0 amide bonds. The molecule has 0 aliphatic carbocycles. The Kier molecular flexibility index (Phi) is 6.48. The van der Waals surface area contributed by atoms with Crippen molar-refractivity contribution in [2.24, 2.45) is 5.92 Å². The third-order valence-electron chi connectivity index (χ3n) is 3.40. The first-order chi connectivity index (χ1) is 12.3. The minimum atomic E-state index is -5.33. The topological polar surface area (TPSA) is 89.3 Å². The second kappa shape index (κ2) is 7.85. The Balaban J connectivity index is 4.23. The van der Waals surface area contributed by atoms with Crippen molar-refractivity contribution in [2.45, 2.75) is 32.4 Å². The molecule has 0 saturated heterocycles. The molecule has 0 aliphatic heterocycles. The maximum atomic E-state index is 14.0. The van der Waals surface area contributed by atoms with Gasteiger partial charge in [-0.25, -0.2) is 14.6 Å². The van der Waals surface area contributed by atoms with E-state index in [1.165, 1.54) is 13.8 Å². The van der Waals surface area contributed by atoms with Gasteiger partial charge in [-0.2, -0.15) is 27.2 Å². The van der Waals surface area contributed by atoms with Gasteiger partial charge in [0.2, 0.25) is 0 Å². The molecule has 0 aliphatic rings. The predicted molar refractivity (Wildman–Crippen MR) is 80.0 cm³/mol. The number of aromatic nitrogens is 1. The highest BCUT2D eigenvalue weighted by Crippen LogP contribution is 2.39. The van der Waals surface area contributed by atoms with Crippen molar-refractivity contribution in [1.82, 2.24) is 4.98 Å². The Morgan fingerprint density at radius 3 is 1.81 bits per heavy atom. The van der Waals surface area contributed by atoms with Crippen LogP contribution in [0.15, 0.2) is 0 Å². The Hall–Kier alpha value is -2.77. The van der Waals surface area contributed by atoms with E-state index < -0.39 is 58.0 Å². The standard InChI is InChI=1S/C16H15F5N2O4/c1-7(2)5-8-9(13(24)26-3)11(15(17,18)6-22)23-12(16(19,20)21)10(8)14(25)27-4/h7H,5H2,1-4H3. The van der Waals surface area contributed by atoms with Gasteiger partial charge in [-0.1, -0.05) is 13.8 Å². The summed E-state index contributed by atoms with van der Waals surface area (Å²) in [6, 6.07) is 0.512. The summed E-state index contributed by atoms with van der Waals surface area (Å²) in [5.41, 5.74) is -6.60. The second-order valence-electron chi connectivity index (χ2n) is 5.80. The first-order valence-corrected chi connectivity index (χ1v) is 7.42. The van der Waals surface area contributed by atoms with Gasteiger partial charge in [-0.05, 0) is 17.9 Å². The average Bonchev–Trinajstić information content (AvgIpc) is 2.57. The highest BCUT2D eigenvalue weighted by Gasteiger charge is 2.47. The largest absolute Gasteiger partial charge is 0.465 e. The third kappa shape index (κ3) is 4.50. The van der Waals surface area contributed by atoms with Crippen LogP contribution in [0.5, 0.6) is 0 Å². The van der Waals surface area contributed by atoms with Gasteiger partial charge in [0.25, 0.3) is 0 Å². The van der Waals surface area contributed by atoms with Crippen LogP contribution in [0.2, 0.25) is 0 Å². The lowest BCUT2D eigenvalue weighted by molar-refractivity contribution is -0.142. The van der Waals surface area contributed by atoms with Crippen LogP contribution in [-0.4, -0.2) is 31.1 Å². The number of pyridine rings is 1. The van der Waals surface area contributed by atoms with Crippen LogP contribution in [-0.2, 0) is 28.0 Å². The number of ether oxygens (including phenoxy) is 2. The van der Waals surface area contributed by atoms with E-state index in [4.69, 9.17) is 5.26 Å². The van der Waals surface area contributed by atoms with Gasteiger partial charge >= 0.3 is 24.0 Å². The van der Waals surface area contributed by atoms with E-state index in [-0.39, 0.29) is 6.42 Å². The molecular formula is C16H15F5N2O4. The fraction of sp³-hybridized carbons (Fsp3) is 0.500. The Bertz CT molecular complexity index is 797. The van der Waals surface area contributed by atoms with Crippen molar-refractivity contribution in [3.8, 4) is 6.07 Å². The van der Waals surface area contributed by atoms with E-state index in [0.29, 0.717) is 6.07 Å². The van der Waals surface area contributed by atoms with Gasteiger partial charge in [0, 0.05) is 0 Å². The summed E-state index contributed by atoms with van der Waals surface area (Å²) in [4.78, 5) is 26.9. The fourth-order valence-electron chi connectivity index (χ4n) is 2.38. The summed E-state index contributed by atoms with van der Waals surface area (Å²) in [5, 5.41) is 8.65. The lowest BCUT2D eigenvalue weighted by atomic mass is 9.89. The summed E-state index contributed by atoms with van der Waals surface area (Å²) in [5.74, 6) is -7.96. The molecule has 27 heavy (non-hydrogen) atoms. The molecular weight excluding hydrogens is 379 g/mol. The number of carbonyl (C=O) groups is 2. The molecule has 148 valence electrons. The monoisotopic (exact) mass is 394 g/mol. The Morgan fingerprint density at radius 2 is 1.48 bits per heavy atom. The van der Waals surface area contributed by atoms with Crippen LogP contribution in [0.1, 0.15) is 51.5 Å². The highest BCUT2D eigenvalue weighted by molar-refractivity contribution is 5.99. The van der Waals surface area contributed by atoms with Crippen molar-refractivity contribution >= 4 is 11.9 Å². The number of alkyl halides is 5. The molecule has 6 nitrogen and oxygen atoms in total. The van der Waals surface area contributed by atoms with Crippen LogP contribution in [0.3, 0.4) is 0 Å².